The first-order chi connectivity index (χ1) is 14.5. The number of rotatable bonds is 4. The fourth-order valence-corrected chi connectivity index (χ4v) is 3.89. The van der Waals surface area contributed by atoms with Crippen LogP contribution in [0.1, 0.15) is 30.5 Å². The zero-order valence-electron chi connectivity index (χ0n) is 16.9. The molecule has 1 atom stereocenters. The minimum atomic E-state index is -0.289. The van der Waals surface area contributed by atoms with Crippen LogP contribution in [0.15, 0.2) is 65.7 Å². The van der Waals surface area contributed by atoms with Gasteiger partial charge in [-0.2, -0.15) is 0 Å². The highest BCUT2D eigenvalue weighted by Gasteiger charge is 2.24. The minimum absolute atomic E-state index is 0.0347. The Labute approximate surface area is 174 Å². The molecule has 1 saturated heterocycles. The van der Waals surface area contributed by atoms with Crippen molar-refractivity contribution >= 4 is 11.6 Å². The van der Waals surface area contributed by atoms with Crippen LogP contribution in [0, 0.1) is 18.7 Å². The zero-order valence-corrected chi connectivity index (χ0v) is 16.9. The van der Waals surface area contributed by atoms with Crippen LogP contribution in [0.5, 0.6) is 0 Å². The third-order valence-corrected chi connectivity index (χ3v) is 5.70. The Kier molecular flexibility index (Phi) is 5.74. The van der Waals surface area contributed by atoms with Gasteiger partial charge in [0.25, 0.3) is 5.56 Å². The van der Waals surface area contributed by atoms with Gasteiger partial charge in [0.05, 0.1) is 11.9 Å². The molecular formula is C24H24FN3O2. The Morgan fingerprint density at radius 1 is 1.07 bits per heavy atom. The molecule has 1 aliphatic rings. The van der Waals surface area contributed by atoms with Crippen LogP contribution < -0.4 is 10.5 Å². The lowest BCUT2D eigenvalue weighted by Crippen LogP contribution is -2.30. The number of nitrogens with zero attached hydrogens (tertiary/aromatic N) is 3. The summed E-state index contributed by atoms with van der Waals surface area (Å²) in [4.78, 5) is 30.8. The number of aryl methyl sites for hydroxylation is 1. The predicted molar refractivity (Wildman–Crippen MR) is 114 cm³/mol. The van der Waals surface area contributed by atoms with E-state index in [9.17, 15) is 14.0 Å². The molecule has 0 bridgehead atoms. The number of hydrogen-bond donors (Lipinski definition) is 0. The monoisotopic (exact) mass is 405 g/mol. The van der Waals surface area contributed by atoms with E-state index in [2.05, 4.69) is 4.98 Å². The Bertz CT molecular complexity index is 1110. The van der Waals surface area contributed by atoms with Gasteiger partial charge >= 0.3 is 0 Å². The average molecular weight is 405 g/mol. The second-order valence-electron chi connectivity index (χ2n) is 7.79. The summed E-state index contributed by atoms with van der Waals surface area (Å²) in [7, 11) is 0. The predicted octanol–water partition coefficient (Wildman–Crippen LogP) is 4.06. The summed E-state index contributed by atoms with van der Waals surface area (Å²) in [5.74, 6) is 0.0717. The minimum Gasteiger partial charge on any atom is -0.312 e. The van der Waals surface area contributed by atoms with Crippen LogP contribution in [0.25, 0.3) is 5.69 Å². The normalized spacial score (nSPS) is 17.1. The number of anilines is 1. The number of benzene rings is 1. The summed E-state index contributed by atoms with van der Waals surface area (Å²) in [6.45, 7) is 2.29. The smallest absolute Gasteiger partial charge is 0.255 e. The zero-order chi connectivity index (χ0) is 21.1. The number of hydrogen-bond acceptors (Lipinski definition) is 3. The highest BCUT2D eigenvalue weighted by atomic mass is 19.1. The Balaban J connectivity index is 1.43. The van der Waals surface area contributed by atoms with E-state index in [0.29, 0.717) is 30.1 Å². The van der Waals surface area contributed by atoms with E-state index in [0.717, 1.165) is 30.6 Å². The van der Waals surface area contributed by atoms with Gasteiger partial charge in [-0.05, 0) is 68.0 Å². The average Bonchev–Trinajstić information content (AvgIpc) is 2.93. The molecule has 1 amide bonds. The van der Waals surface area contributed by atoms with Crippen molar-refractivity contribution in [2.24, 2.45) is 5.92 Å². The van der Waals surface area contributed by atoms with Crippen LogP contribution in [0.2, 0.25) is 0 Å². The molecule has 0 saturated carbocycles. The van der Waals surface area contributed by atoms with Crippen molar-refractivity contribution in [3.8, 4) is 5.69 Å². The van der Waals surface area contributed by atoms with Crippen LogP contribution in [0.4, 0.5) is 10.1 Å². The van der Waals surface area contributed by atoms with E-state index in [-0.39, 0.29) is 17.3 Å². The van der Waals surface area contributed by atoms with Crippen LogP contribution in [0.3, 0.4) is 0 Å². The van der Waals surface area contributed by atoms with Gasteiger partial charge in [0, 0.05) is 36.6 Å². The maximum atomic E-state index is 13.9. The number of amides is 1. The first-order valence-corrected chi connectivity index (χ1v) is 10.2. The van der Waals surface area contributed by atoms with Gasteiger partial charge in [-0.25, -0.2) is 4.39 Å². The Hall–Kier alpha value is -3.28. The van der Waals surface area contributed by atoms with Gasteiger partial charge in [-0.1, -0.05) is 12.1 Å². The van der Waals surface area contributed by atoms with Gasteiger partial charge in [0.15, 0.2) is 0 Å². The van der Waals surface area contributed by atoms with Crippen LogP contribution in [-0.4, -0.2) is 22.0 Å². The lowest BCUT2D eigenvalue weighted by Gasteiger charge is -2.21. The van der Waals surface area contributed by atoms with E-state index < -0.39 is 0 Å². The number of carbonyl (C=O) groups is 1. The highest BCUT2D eigenvalue weighted by molar-refractivity contribution is 5.93. The molecule has 0 aliphatic carbocycles. The van der Waals surface area contributed by atoms with Crippen molar-refractivity contribution in [2.75, 3.05) is 11.4 Å². The molecule has 5 nitrogen and oxygen atoms in total. The number of halogens is 1. The molecule has 3 aromatic rings. The first kappa shape index (κ1) is 20.0. The maximum Gasteiger partial charge on any atom is 0.255 e. The van der Waals surface area contributed by atoms with Crippen molar-refractivity contribution in [2.45, 2.75) is 32.6 Å². The van der Waals surface area contributed by atoms with Gasteiger partial charge in [0.1, 0.15) is 5.82 Å². The fraction of sp³-hybridized carbons (Fsp3) is 0.292. The summed E-state index contributed by atoms with van der Waals surface area (Å²) in [5.41, 5.74) is 2.77. The van der Waals surface area contributed by atoms with Gasteiger partial charge < -0.3 is 4.90 Å². The number of pyridine rings is 2. The molecule has 0 radical (unpaired) electrons. The summed E-state index contributed by atoms with van der Waals surface area (Å²) in [6.07, 6.45) is 6.26. The molecule has 0 spiro atoms. The summed E-state index contributed by atoms with van der Waals surface area (Å²) < 4.78 is 15.5. The van der Waals surface area contributed by atoms with Crippen LogP contribution in [-0.2, 0) is 11.2 Å². The second-order valence-corrected chi connectivity index (χ2v) is 7.79. The first-order valence-electron chi connectivity index (χ1n) is 10.2. The van der Waals surface area contributed by atoms with E-state index in [4.69, 9.17) is 0 Å². The van der Waals surface area contributed by atoms with Gasteiger partial charge in [-0.15, -0.1) is 0 Å². The standard InChI is InChI=1S/C24H24FN3O2/c1-17-5-8-20(15-22(17)25)28-13-11-18(6-10-24(28)30)14-19-7-9-21(16-26-19)27-12-3-2-4-23(27)29/h2-5,7-9,12,15-16,18H,6,10-11,13-14H2,1H3. The van der Waals surface area contributed by atoms with Crippen molar-refractivity contribution in [1.29, 1.82) is 0 Å². The third kappa shape index (κ3) is 4.32. The second kappa shape index (κ2) is 8.61. The lowest BCUT2D eigenvalue weighted by molar-refractivity contribution is -0.118. The quantitative estimate of drug-likeness (QED) is 0.658. The Morgan fingerprint density at radius 2 is 1.90 bits per heavy atom. The lowest BCUT2D eigenvalue weighted by atomic mass is 9.95. The number of carbonyl (C=O) groups excluding carboxylic acids is 1. The van der Waals surface area contributed by atoms with E-state index in [1.165, 1.54) is 12.1 Å². The topological polar surface area (TPSA) is 55.2 Å². The SMILES string of the molecule is Cc1ccc(N2CCC(Cc3ccc(-n4ccccc4=O)cn3)CCC2=O)cc1F. The maximum absolute atomic E-state index is 13.9. The molecule has 30 heavy (non-hydrogen) atoms. The van der Waals surface area contributed by atoms with E-state index >= 15 is 0 Å². The highest BCUT2D eigenvalue weighted by Crippen LogP contribution is 2.27. The molecule has 0 N–H and O–H groups in total. The largest absolute Gasteiger partial charge is 0.312 e. The molecule has 1 fully saturated rings. The third-order valence-electron chi connectivity index (χ3n) is 5.70. The van der Waals surface area contributed by atoms with Crippen molar-refractivity contribution in [1.82, 2.24) is 9.55 Å². The number of aromatic nitrogens is 2. The van der Waals surface area contributed by atoms with Crippen molar-refractivity contribution in [3.63, 3.8) is 0 Å². The molecule has 6 heteroatoms. The van der Waals surface area contributed by atoms with E-state index in [1.807, 2.05) is 24.3 Å². The molecular weight excluding hydrogens is 381 g/mol. The summed E-state index contributed by atoms with van der Waals surface area (Å²) >= 11 is 0. The summed E-state index contributed by atoms with van der Waals surface area (Å²) in [5, 5.41) is 0. The molecule has 1 aliphatic heterocycles. The van der Waals surface area contributed by atoms with E-state index in [1.54, 1.807) is 40.9 Å². The van der Waals surface area contributed by atoms with Gasteiger partial charge in [-0.3, -0.25) is 19.1 Å². The molecule has 1 aromatic carbocycles. The molecule has 3 heterocycles. The Morgan fingerprint density at radius 3 is 2.63 bits per heavy atom. The molecule has 154 valence electrons. The van der Waals surface area contributed by atoms with Crippen molar-refractivity contribution in [3.05, 3.63) is 88.4 Å². The van der Waals surface area contributed by atoms with Gasteiger partial charge in [0.2, 0.25) is 5.91 Å². The molecule has 4 rings (SSSR count). The van der Waals surface area contributed by atoms with Crippen LogP contribution >= 0.6 is 0 Å². The summed E-state index contributed by atoms with van der Waals surface area (Å²) in [6, 6.07) is 13.8. The fourth-order valence-electron chi connectivity index (χ4n) is 3.89. The van der Waals surface area contributed by atoms with Crippen molar-refractivity contribution < 1.29 is 9.18 Å². The molecule has 1 unspecified atom stereocenters. The molecule has 2 aromatic heterocycles.